The highest BCUT2D eigenvalue weighted by Crippen LogP contribution is 2.44. The maximum atomic E-state index is 12.5. The highest BCUT2D eigenvalue weighted by atomic mass is 19.4. The molecule has 1 aliphatic carbocycles. The summed E-state index contributed by atoms with van der Waals surface area (Å²) in [5, 5.41) is 0. The Kier molecular flexibility index (Phi) is 1.99. The summed E-state index contributed by atoms with van der Waals surface area (Å²) in [6, 6.07) is 0.862. The molecule has 76 valence electrons. The number of alkyl halides is 3. The first kappa shape index (κ1) is 9.45. The molecule has 14 heavy (non-hydrogen) atoms. The molecule has 5 heteroatoms. The highest BCUT2D eigenvalue weighted by molar-refractivity contribution is 5.34. The molecule has 2 nitrogen and oxygen atoms in total. The van der Waals surface area contributed by atoms with Crippen LogP contribution in [-0.4, -0.2) is 11.0 Å². The molecule has 1 aliphatic rings. The standard InChI is InChI=1S/C9H9F3N2/c10-9(11,12)7-1-2-14-4-6(7)5-3-8(5)13/h1-2,4-5,8H,3,13H2/t5-,8+/m0/s1. The average Bonchev–Trinajstić information content (AvgIpc) is 2.81. The van der Waals surface area contributed by atoms with Crippen LogP contribution in [0.1, 0.15) is 23.5 Å². The molecule has 1 fully saturated rings. The summed E-state index contributed by atoms with van der Waals surface area (Å²) in [7, 11) is 0. The number of nitrogens with zero attached hydrogens (tertiary/aromatic N) is 1. The first-order valence-corrected chi connectivity index (χ1v) is 4.27. The van der Waals surface area contributed by atoms with Crippen LogP contribution >= 0.6 is 0 Å². The van der Waals surface area contributed by atoms with Gasteiger partial charge in [-0.15, -0.1) is 0 Å². The Morgan fingerprint density at radius 2 is 2.07 bits per heavy atom. The van der Waals surface area contributed by atoms with Gasteiger partial charge in [-0.3, -0.25) is 4.98 Å². The van der Waals surface area contributed by atoms with Crippen molar-refractivity contribution >= 4 is 0 Å². The van der Waals surface area contributed by atoms with Gasteiger partial charge >= 0.3 is 6.18 Å². The normalized spacial score (nSPS) is 26.3. The van der Waals surface area contributed by atoms with Crippen molar-refractivity contribution in [3.05, 3.63) is 29.6 Å². The van der Waals surface area contributed by atoms with Crippen molar-refractivity contribution in [3.63, 3.8) is 0 Å². The Morgan fingerprint density at radius 1 is 1.43 bits per heavy atom. The van der Waals surface area contributed by atoms with Gasteiger partial charge in [0.25, 0.3) is 0 Å². The molecule has 1 heterocycles. The van der Waals surface area contributed by atoms with E-state index in [9.17, 15) is 13.2 Å². The van der Waals surface area contributed by atoms with Crippen LogP contribution in [0.2, 0.25) is 0 Å². The van der Waals surface area contributed by atoms with E-state index in [4.69, 9.17) is 5.73 Å². The Morgan fingerprint density at radius 3 is 2.57 bits per heavy atom. The summed E-state index contributed by atoms with van der Waals surface area (Å²) in [5.74, 6) is -0.166. The lowest BCUT2D eigenvalue weighted by molar-refractivity contribution is -0.138. The van der Waals surface area contributed by atoms with Gasteiger partial charge in [-0.2, -0.15) is 13.2 Å². The van der Waals surface area contributed by atoms with E-state index in [0.717, 1.165) is 12.3 Å². The van der Waals surface area contributed by atoms with Gasteiger partial charge in [0.2, 0.25) is 0 Å². The summed E-state index contributed by atoms with van der Waals surface area (Å²) in [4.78, 5) is 3.70. The minimum Gasteiger partial charge on any atom is -0.327 e. The van der Waals surface area contributed by atoms with Crippen molar-refractivity contribution in [2.75, 3.05) is 0 Å². The molecular weight excluding hydrogens is 193 g/mol. The van der Waals surface area contributed by atoms with Crippen LogP contribution in [0.3, 0.4) is 0 Å². The zero-order valence-electron chi connectivity index (χ0n) is 7.25. The molecule has 0 bridgehead atoms. The van der Waals surface area contributed by atoms with Crippen molar-refractivity contribution in [2.45, 2.75) is 24.6 Å². The lowest BCUT2D eigenvalue weighted by Crippen LogP contribution is -2.11. The zero-order valence-corrected chi connectivity index (χ0v) is 7.25. The molecule has 0 unspecified atom stereocenters. The fraction of sp³-hybridized carbons (Fsp3) is 0.444. The lowest BCUT2D eigenvalue weighted by Gasteiger charge is -2.11. The summed E-state index contributed by atoms with van der Waals surface area (Å²) in [5.41, 5.74) is 5.14. The number of halogens is 3. The topological polar surface area (TPSA) is 38.9 Å². The monoisotopic (exact) mass is 202 g/mol. The van der Waals surface area contributed by atoms with Gasteiger partial charge in [-0.1, -0.05) is 0 Å². The lowest BCUT2D eigenvalue weighted by atomic mass is 10.1. The maximum Gasteiger partial charge on any atom is 0.416 e. The third-order valence-corrected chi connectivity index (χ3v) is 2.40. The van der Waals surface area contributed by atoms with E-state index < -0.39 is 11.7 Å². The van der Waals surface area contributed by atoms with Crippen LogP contribution in [0.5, 0.6) is 0 Å². The molecule has 1 aromatic rings. The van der Waals surface area contributed by atoms with Gasteiger partial charge in [0, 0.05) is 24.4 Å². The van der Waals surface area contributed by atoms with Crippen molar-refractivity contribution < 1.29 is 13.2 Å². The van der Waals surface area contributed by atoms with Gasteiger partial charge in [-0.25, -0.2) is 0 Å². The fourth-order valence-corrected chi connectivity index (χ4v) is 1.53. The Hall–Kier alpha value is -1.10. The molecule has 0 saturated heterocycles. The van der Waals surface area contributed by atoms with Gasteiger partial charge < -0.3 is 5.73 Å². The van der Waals surface area contributed by atoms with Crippen LogP contribution in [0.4, 0.5) is 13.2 Å². The maximum absolute atomic E-state index is 12.5. The molecule has 0 amide bonds. The minimum atomic E-state index is -4.30. The number of aromatic nitrogens is 1. The summed E-state index contributed by atoms with van der Waals surface area (Å²) in [6.45, 7) is 0. The van der Waals surface area contributed by atoms with Gasteiger partial charge in [-0.05, 0) is 18.1 Å². The van der Waals surface area contributed by atoms with Crippen LogP contribution in [0.25, 0.3) is 0 Å². The smallest absolute Gasteiger partial charge is 0.327 e. The molecule has 0 aliphatic heterocycles. The number of rotatable bonds is 1. The second-order valence-corrected chi connectivity index (χ2v) is 3.47. The number of hydrogen-bond donors (Lipinski definition) is 1. The predicted octanol–water partition coefficient (Wildman–Crippen LogP) is 1.91. The van der Waals surface area contributed by atoms with Gasteiger partial charge in [0.1, 0.15) is 0 Å². The van der Waals surface area contributed by atoms with E-state index in [1.165, 1.54) is 6.20 Å². The Balaban J connectivity index is 2.39. The average molecular weight is 202 g/mol. The van der Waals surface area contributed by atoms with E-state index >= 15 is 0 Å². The first-order valence-electron chi connectivity index (χ1n) is 4.27. The van der Waals surface area contributed by atoms with Crippen molar-refractivity contribution in [3.8, 4) is 0 Å². The molecule has 2 N–H and O–H groups in total. The predicted molar refractivity (Wildman–Crippen MR) is 44.6 cm³/mol. The number of pyridine rings is 1. The van der Waals surface area contributed by atoms with E-state index in [0.29, 0.717) is 6.42 Å². The van der Waals surface area contributed by atoms with E-state index in [-0.39, 0.29) is 17.5 Å². The second kappa shape index (κ2) is 2.95. The first-order chi connectivity index (χ1) is 6.50. The van der Waals surface area contributed by atoms with Crippen molar-refractivity contribution in [1.29, 1.82) is 0 Å². The highest BCUT2D eigenvalue weighted by Gasteiger charge is 2.42. The largest absolute Gasteiger partial charge is 0.416 e. The van der Waals surface area contributed by atoms with Crippen LogP contribution in [0, 0.1) is 0 Å². The fourth-order valence-electron chi connectivity index (χ4n) is 1.53. The molecular formula is C9H9F3N2. The van der Waals surface area contributed by atoms with E-state index in [1.807, 2.05) is 0 Å². The molecule has 0 aromatic carbocycles. The van der Waals surface area contributed by atoms with Crippen molar-refractivity contribution in [2.24, 2.45) is 5.73 Å². The van der Waals surface area contributed by atoms with Crippen LogP contribution in [0.15, 0.2) is 18.5 Å². The van der Waals surface area contributed by atoms with E-state index in [1.54, 1.807) is 0 Å². The summed E-state index contributed by atoms with van der Waals surface area (Å²) < 4.78 is 37.5. The molecule has 2 rings (SSSR count). The SMILES string of the molecule is N[C@@H]1C[C@H]1c1cnccc1C(F)(F)F. The quantitative estimate of drug-likeness (QED) is 0.755. The Bertz CT molecular complexity index is 348. The number of hydrogen-bond acceptors (Lipinski definition) is 2. The van der Waals surface area contributed by atoms with Gasteiger partial charge in [0.05, 0.1) is 5.56 Å². The van der Waals surface area contributed by atoms with Crippen LogP contribution in [-0.2, 0) is 6.18 Å². The Labute approximate surface area is 78.9 Å². The minimum absolute atomic E-state index is 0.139. The molecule has 1 saturated carbocycles. The molecule has 2 atom stereocenters. The third-order valence-electron chi connectivity index (χ3n) is 2.40. The molecule has 1 aromatic heterocycles. The second-order valence-electron chi connectivity index (χ2n) is 3.47. The summed E-state index contributed by atoms with van der Waals surface area (Å²) in [6.07, 6.45) is -1.27. The molecule has 0 radical (unpaired) electrons. The summed E-state index contributed by atoms with van der Waals surface area (Å²) >= 11 is 0. The van der Waals surface area contributed by atoms with Crippen LogP contribution < -0.4 is 5.73 Å². The zero-order chi connectivity index (χ0) is 10.3. The third kappa shape index (κ3) is 1.59. The molecule has 0 spiro atoms. The van der Waals surface area contributed by atoms with Gasteiger partial charge in [0.15, 0.2) is 0 Å². The van der Waals surface area contributed by atoms with Crippen molar-refractivity contribution in [1.82, 2.24) is 4.98 Å². The number of nitrogens with two attached hydrogens (primary N) is 1. The van der Waals surface area contributed by atoms with E-state index in [2.05, 4.69) is 4.98 Å².